The van der Waals surface area contributed by atoms with Crippen LogP contribution in [0.25, 0.3) is 0 Å². The number of methoxy groups -OCH3 is 1. The van der Waals surface area contributed by atoms with E-state index in [1.54, 1.807) is 7.11 Å². The van der Waals surface area contributed by atoms with Crippen LogP contribution in [0.3, 0.4) is 0 Å². The molecule has 0 aliphatic heterocycles. The lowest BCUT2D eigenvalue weighted by molar-refractivity contribution is 0.413. The monoisotopic (exact) mass is 275 g/mol. The molecular weight excluding hydrogens is 254 g/mol. The van der Waals surface area contributed by atoms with Crippen molar-refractivity contribution in [2.24, 2.45) is 0 Å². The fourth-order valence-electron chi connectivity index (χ4n) is 2.15. The number of hydrogen-bond acceptors (Lipinski definition) is 3. The number of aryl methyl sites for hydroxylation is 1. The summed E-state index contributed by atoms with van der Waals surface area (Å²) in [5, 5.41) is 3.56. The molecule has 0 fully saturated rings. The van der Waals surface area contributed by atoms with E-state index in [0.717, 1.165) is 18.7 Å². The molecular formula is C16H21NOS. The van der Waals surface area contributed by atoms with Gasteiger partial charge in [0.15, 0.2) is 0 Å². The molecule has 0 aliphatic rings. The van der Waals surface area contributed by atoms with Gasteiger partial charge in [0.2, 0.25) is 0 Å². The zero-order chi connectivity index (χ0) is 13.7. The van der Waals surface area contributed by atoms with Crippen LogP contribution in [-0.4, -0.2) is 13.7 Å². The predicted molar refractivity (Wildman–Crippen MR) is 82.2 cm³/mol. The van der Waals surface area contributed by atoms with Gasteiger partial charge in [-0.2, -0.15) is 0 Å². The van der Waals surface area contributed by atoms with E-state index in [0.29, 0.717) is 0 Å². The smallest absolute Gasteiger partial charge is 0.119 e. The van der Waals surface area contributed by atoms with Crippen molar-refractivity contribution in [1.29, 1.82) is 0 Å². The van der Waals surface area contributed by atoms with Crippen LogP contribution in [0.1, 0.15) is 35.2 Å². The van der Waals surface area contributed by atoms with Crippen LogP contribution in [0.4, 0.5) is 0 Å². The molecule has 102 valence electrons. The number of thiophene rings is 1. The number of rotatable bonds is 6. The van der Waals surface area contributed by atoms with E-state index in [1.807, 2.05) is 23.5 Å². The summed E-state index contributed by atoms with van der Waals surface area (Å²) < 4.78 is 5.32. The number of hydrogen-bond donors (Lipinski definition) is 1. The van der Waals surface area contributed by atoms with Crippen LogP contribution in [0.15, 0.2) is 36.4 Å². The molecule has 0 aliphatic carbocycles. The maximum atomic E-state index is 5.32. The normalized spacial score (nSPS) is 12.4. The molecule has 0 radical (unpaired) electrons. The van der Waals surface area contributed by atoms with E-state index in [4.69, 9.17) is 4.74 Å². The van der Waals surface area contributed by atoms with Gasteiger partial charge in [-0.3, -0.25) is 0 Å². The van der Waals surface area contributed by atoms with Crippen molar-refractivity contribution >= 4 is 11.3 Å². The van der Waals surface area contributed by atoms with Crippen LogP contribution >= 0.6 is 11.3 Å². The Morgan fingerprint density at radius 2 is 2.05 bits per heavy atom. The van der Waals surface area contributed by atoms with Gasteiger partial charge >= 0.3 is 0 Å². The van der Waals surface area contributed by atoms with Gasteiger partial charge in [-0.1, -0.05) is 26.0 Å². The Bertz CT molecular complexity index is 521. The Kier molecular flexibility index (Phi) is 5.00. The summed E-state index contributed by atoms with van der Waals surface area (Å²) in [6, 6.07) is 13.0. The molecule has 1 unspecified atom stereocenters. The second-order valence-corrected chi connectivity index (χ2v) is 5.62. The second kappa shape index (κ2) is 6.73. The lowest BCUT2D eigenvalue weighted by Gasteiger charge is -2.17. The molecule has 0 bridgehead atoms. The highest BCUT2D eigenvalue weighted by Crippen LogP contribution is 2.30. The van der Waals surface area contributed by atoms with Crippen molar-refractivity contribution in [1.82, 2.24) is 5.32 Å². The first-order valence-electron chi connectivity index (χ1n) is 6.74. The molecule has 1 atom stereocenters. The van der Waals surface area contributed by atoms with Gasteiger partial charge in [-0.15, -0.1) is 11.3 Å². The number of ether oxygens (including phenoxy) is 1. The van der Waals surface area contributed by atoms with Gasteiger partial charge in [0, 0.05) is 9.75 Å². The SMILES string of the molecule is CCNC(c1cccc(OC)c1)c1ccc(CC)s1. The molecule has 1 aromatic heterocycles. The first kappa shape index (κ1) is 14.1. The van der Waals surface area contributed by atoms with Gasteiger partial charge in [0.25, 0.3) is 0 Å². The zero-order valence-corrected chi connectivity index (χ0v) is 12.6. The van der Waals surface area contributed by atoms with E-state index < -0.39 is 0 Å². The molecule has 1 N–H and O–H groups in total. The largest absolute Gasteiger partial charge is 0.497 e. The summed E-state index contributed by atoms with van der Waals surface area (Å²) in [5.41, 5.74) is 1.26. The summed E-state index contributed by atoms with van der Waals surface area (Å²) in [4.78, 5) is 2.80. The van der Waals surface area contributed by atoms with Gasteiger partial charge in [0.05, 0.1) is 13.2 Å². The highest BCUT2D eigenvalue weighted by molar-refractivity contribution is 7.12. The molecule has 1 heterocycles. The molecule has 2 rings (SSSR count). The highest BCUT2D eigenvalue weighted by Gasteiger charge is 2.15. The minimum Gasteiger partial charge on any atom is -0.497 e. The zero-order valence-electron chi connectivity index (χ0n) is 11.8. The summed E-state index contributed by atoms with van der Waals surface area (Å²) in [6.45, 7) is 5.28. The lowest BCUT2D eigenvalue weighted by Crippen LogP contribution is -2.21. The average molecular weight is 275 g/mol. The Morgan fingerprint density at radius 3 is 2.68 bits per heavy atom. The van der Waals surface area contributed by atoms with Crippen LogP contribution < -0.4 is 10.1 Å². The molecule has 0 amide bonds. The van der Waals surface area contributed by atoms with Gasteiger partial charge in [-0.05, 0) is 42.8 Å². The third-order valence-electron chi connectivity index (χ3n) is 3.15. The summed E-state index contributed by atoms with van der Waals surface area (Å²) in [6.07, 6.45) is 1.10. The summed E-state index contributed by atoms with van der Waals surface area (Å²) in [5.74, 6) is 0.910. The summed E-state index contributed by atoms with van der Waals surface area (Å²) in [7, 11) is 1.71. The maximum Gasteiger partial charge on any atom is 0.119 e. The van der Waals surface area contributed by atoms with E-state index in [-0.39, 0.29) is 6.04 Å². The Morgan fingerprint density at radius 1 is 1.21 bits per heavy atom. The van der Waals surface area contributed by atoms with E-state index in [1.165, 1.54) is 15.3 Å². The molecule has 0 spiro atoms. The Labute approximate surface area is 119 Å². The average Bonchev–Trinajstić information content (AvgIpc) is 2.93. The topological polar surface area (TPSA) is 21.3 Å². The first-order valence-corrected chi connectivity index (χ1v) is 7.56. The van der Waals surface area contributed by atoms with Crippen LogP contribution in [0, 0.1) is 0 Å². The highest BCUT2D eigenvalue weighted by atomic mass is 32.1. The van der Waals surface area contributed by atoms with Crippen LogP contribution in [0.2, 0.25) is 0 Å². The van der Waals surface area contributed by atoms with Gasteiger partial charge in [-0.25, -0.2) is 0 Å². The van der Waals surface area contributed by atoms with Crippen molar-refractivity contribution in [3.63, 3.8) is 0 Å². The number of benzene rings is 1. The van der Waals surface area contributed by atoms with Crippen molar-refractivity contribution in [2.75, 3.05) is 13.7 Å². The van der Waals surface area contributed by atoms with Crippen LogP contribution in [-0.2, 0) is 6.42 Å². The van der Waals surface area contributed by atoms with Crippen molar-refractivity contribution in [3.05, 3.63) is 51.7 Å². The molecule has 3 heteroatoms. The van der Waals surface area contributed by atoms with E-state index in [2.05, 4.69) is 43.4 Å². The van der Waals surface area contributed by atoms with Gasteiger partial charge in [0.1, 0.15) is 5.75 Å². The third-order valence-corrected chi connectivity index (χ3v) is 4.45. The molecule has 19 heavy (non-hydrogen) atoms. The van der Waals surface area contributed by atoms with Crippen molar-refractivity contribution in [2.45, 2.75) is 26.3 Å². The molecule has 2 nitrogen and oxygen atoms in total. The fraction of sp³-hybridized carbons (Fsp3) is 0.375. The quantitative estimate of drug-likeness (QED) is 0.860. The first-order chi connectivity index (χ1) is 9.28. The second-order valence-electron chi connectivity index (χ2n) is 4.42. The molecule has 0 saturated heterocycles. The lowest BCUT2D eigenvalue weighted by atomic mass is 10.0. The maximum absolute atomic E-state index is 5.32. The van der Waals surface area contributed by atoms with Gasteiger partial charge < -0.3 is 10.1 Å². The predicted octanol–water partition coefficient (Wildman–Crippen LogP) is 4.02. The molecule has 0 saturated carbocycles. The number of nitrogens with one attached hydrogen (secondary N) is 1. The minimum absolute atomic E-state index is 0.255. The molecule has 2 aromatic rings. The van der Waals surface area contributed by atoms with Crippen molar-refractivity contribution in [3.8, 4) is 5.75 Å². The standard InChI is InChI=1S/C16H21NOS/c1-4-14-9-10-15(19-14)16(17-5-2)12-7-6-8-13(11-12)18-3/h6-11,16-17H,4-5H2,1-3H3. The van der Waals surface area contributed by atoms with Crippen LogP contribution in [0.5, 0.6) is 5.75 Å². The third kappa shape index (κ3) is 3.37. The Balaban J connectivity index is 2.32. The minimum atomic E-state index is 0.255. The summed E-state index contributed by atoms with van der Waals surface area (Å²) >= 11 is 1.89. The Hall–Kier alpha value is -1.32. The van der Waals surface area contributed by atoms with E-state index >= 15 is 0 Å². The van der Waals surface area contributed by atoms with E-state index in [9.17, 15) is 0 Å². The fourth-order valence-corrected chi connectivity index (χ4v) is 3.20. The van der Waals surface area contributed by atoms with Crippen molar-refractivity contribution < 1.29 is 4.74 Å². The molecule has 1 aromatic carbocycles.